The first-order chi connectivity index (χ1) is 46.2. The molecule has 12 aromatic rings. The molecule has 3 amide bonds. The number of ether oxygens (including phenoxy) is 1. The lowest BCUT2D eigenvalue weighted by Gasteiger charge is -2.33. The van der Waals surface area contributed by atoms with E-state index in [0.717, 1.165) is 161 Å². The molecule has 9 aromatic carbocycles. The fraction of sp³-hybridized carbons (Fsp3) is 0.222. The number of piperidine rings is 2. The van der Waals surface area contributed by atoms with Gasteiger partial charge in [-0.3, -0.25) is 14.4 Å². The van der Waals surface area contributed by atoms with Crippen molar-refractivity contribution in [1.82, 2.24) is 44.6 Å². The van der Waals surface area contributed by atoms with E-state index < -0.39 is 0 Å². The number of amides is 3. The Balaban J connectivity index is 0.792. The topological polar surface area (TPSA) is 148 Å². The van der Waals surface area contributed by atoms with E-state index >= 15 is 0 Å². The van der Waals surface area contributed by atoms with Gasteiger partial charge in [0, 0.05) is 95.9 Å². The van der Waals surface area contributed by atoms with E-state index in [9.17, 15) is 14.4 Å². The van der Waals surface area contributed by atoms with Gasteiger partial charge in [0.15, 0.2) is 0 Å². The Kier molecular flexibility index (Phi) is 16.6. The molecule has 94 heavy (non-hydrogen) atoms. The summed E-state index contributed by atoms with van der Waals surface area (Å²) in [6.45, 7) is 5.67. The SMILES string of the molecule is COC1CCN(C(=O)c2ccc3nc(-c4cccc(-c5ccc(-c6nc7cc(C(=O)N8CCCCC8C)ccc7nc6-c6ccccc6)cc5)c4)c(-c4cccc(-c5cccc(-c6nc7ccc(C(=O)N8CCCCCC8)cc7nc6-c6ccccc6)c5)c4)nc3c2)CC1. The Morgan fingerprint density at radius 3 is 1.11 bits per heavy atom. The summed E-state index contributed by atoms with van der Waals surface area (Å²) in [5.74, 6) is 0.0358. The number of carbonyl (C=O) groups is 3. The van der Waals surface area contributed by atoms with Crippen molar-refractivity contribution in [2.24, 2.45) is 0 Å². The minimum Gasteiger partial charge on any atom is -0.381 e. The molecule has 3 saturated heterocycles. The largest absolute Gasteiger partial charge is 0.381 e. The monoisotopic (exact) mass is 1230 g/mol. The number of aromatic nitrogens is 6. The van der Waals surface area contributed by atoms with Gasteiger partial charge in [0.25, 0.3) is 17.7 Å². The van der Waals surface area contributed by atoms with Crippen molar-refractivity contribution in [3.63, 3.8) is 0 Å². The van der Waals surface area contributed by atoms with Crippen LogP contribution in [-0.4, -0.2) is 114 Å². The number of benzene rings is 9. The summed E-state index contributed by atoms with van der Waals surface area (Å²) >= 11 is 0. The molecular weight excluding hydrogens is 1160 g/mol. The Hall–Kier alpha value is -10.6. The van der Waals surface area contributed by atoms with Crippen molar-refractivity contribution < 1.29 is 19.1 Å². The molecule has 13 heteroatoms. The van der Waals surface area contributed by atoms with Gasteiger partial charge in [-0.15, -0.1) is 0 Å². The fourth-order valence-corrected chi connectivity index (χ4v) is 13.8. The normalized spacial score (nSPS) is 15.6. The van der Waals surface area contributed by atoms with Crippen molar-refractivity contribution in [3.8, 4) is 89.8 Å². The zero-order chi connectivity index (χ0) is 63.7. The summed E-state index contributed by atoms with van der Waals surface area (Å²) in [6, 6.07) is 71.2. The van der Waals surface area contributed by atoms with Crippen molar-refractivity contribution in [2.75, 3.05) is 39.8 Å². The molecule has 0 N–H and O–H groups in total. The van der Waals surface area contributed by atoms with Gasteiger partial charge in [-0.05, 0) is 147 Å². The maximum atomic E-state index is 14.2. The molecule has 1 atom stereocenters. The molecule has 464 valence electrons. The molecule has 13 nitrogen and oxygen atoms in total. The molecule has 0 aliphatic carbocycles. The number of nitrogens with zero attached hydrogens (tertiary/aromatic N) is 9. The highest BCUT2D eigenvalue weighted by atomic mass is 16.5. The van der Waals surface area contributed by atoms with Crippen LogP contribution in [0.5, 0.6) is 0 Å². The van der Waals surface area contributed by atoms with E-state index in [0.29, 0.717) is 68.8 Å². The van der Waals surface area contributed by atoms with Gasteiger partial charge in [0.05, 0.1) is 73.4 Å². The first-order valence-corrected chi connectivity index (χ1v) is 33.1. The van der Waals surface area contributed by atoms with E-state index in [2.05, 4.69) is 128 Å². The predicted octanol–water partition coefficient (Wildman–Crippen LogP) is 17.1. The second kappa shape index (κ2) is 26.2. The van der Waals surface area contributed by atoms with Gasteiger partial charge in [-0.1, -0.05) is 152 Å². The second-order valence-electron chi connectivity index (χ2n) is 25.2. The first-order valence-electron chi connectivity index (χ1n) is 33.1. The van der Waals surface area contributed by atoms with E-state index in [4.69, 9.17) is 34.6 Å². The van der Waals surface area contributed by atoms with Crippen LogP contribution in [0.3, 0.4) is 0 Å². The summed E-state index contributed by atoms with van der Waals surface area (Å²) in [4.78, 5) is 79.9. The van der Waals surface area contributed by atoms with Crippen molar-refractivity contribution in [1.29, 1.82) is 0 Å². The molecule has 3 aliphatic heterocycles. The number of hydrogen-bond acceptors (Lipinski definition) is 10. The van der Waals surface area contributed by atoms with E-state index in [1.54, 1.807) is 7.11 Å². The van der Waals surface area contributed by atoms with E-state index in [-0.39, 0.29) is 29.9 Å². The maximum Gasteiger partial charge on any atom is 0.254 e. The molecule has 0 radical (unpaired) electrons. The molecule has 3 aromatic heterocycles. The Morgan fingerprint density at radius 1 is 0.319 bits per heavy atom. The van der Waals surface area contributed by atoms with Crippen LogP contribution < -0.4 is 0 Å². The zero-order valence-electron chi connectivity index (χ0n) is 52.9. The standard InChI is InChI=1S/C81H71N9O4/c1-52-18-11-14-43-90(52)81(93)65-35-38-67-72(51-65)86-75(73(82-67)54-19-7-5-8-20-54)56-31-29-53(30-32-56)57-23-15-26-60(46-57)77-78(87-71-50-64(34-37-69(71)84-77)80(92)89-44-39-66(94-2)40-45-89)62-28-17-25-59(48-62)58-24-16-27-61(47-58)76-74(55-21-9-6-10-22-55)85-70-49-63(33-36-68(70)83-76)79(91)88-41-12-3-4-13-42-88/h5-10,15-17,19-38,46-52,66H,3-4,11-14,18,39-45H2,1-2H3. The van der Waals surface area contributed by atoms with Gasteiger partial charge in [0.2, 0.25) is 0 Å². The van der Waals surface area contributed by atoms with E-state index in [1.807, 2.05) is 106 Å². The van der Waals surface area contributed by atoms with Gasteiger partial charge in [0.1, 0.15) is 0 Å². The molecule has 1 unspecified atom stereocenters. The second-order valence-corrected chi connectivity index (χ2v) is 25.2. The summed E-state index contributed by atoms with van der Waals surface area (Å²) < 4.78 is 5.63. The van der Waals surface area contributed by atoms with Crippen LogP contribution >= 0.6 is 0 Å². The summed E-state index contributed by atoms with van der Waals surface area (Å²) in [5.41, 5.74) is 19.5. The fourth-order valence-electron chi connectivity index (χ4n) is 13.8. The third-order valence-corrected chi connectivity index (χ3v) is 19.1. The Labute approximate surface area is 547 Å². The highest BCUT2D eigenvalue weighted by molar-refractivity contribution is 6.01. The van der Waals surface area contributed by atoms with Gasteiger partial charge < -0.3 is 19.4 Å². The summed E-state index contributed by atoms with van der Waals surface area (Å²) in [7, 11) is 1.73. The number of methoxy groups -OCH3 is 1. The van der Waals surface area contributed by atoms with Crippen LogP contribution in [0.1, 0.15) is 95.8 Å². The minimum atomic E-state index is -0.0356. The number of hydrogen-bond donors (Lipinski definition) is 0. The predicted molar refractivity (Wildman–Crippen MR) is 374 cm³/mol. The smallest absolute Gasteiger partial charge is 0.254 e. The van der Waals surface area contributed by atoms with E-state index in [1.165, 1.54) is 0 Å². The molecule has 6 heterocycles. The molecule has 0 bridgehead atoms. The number of rotatable bonds is 12. The average Bonchev–Trinajstić information content (AvgIpc) is 0.826. The van der Waals surface area contributed by atoms with Crippen LogP contribution in [0.15, 0.2) is 212 Å². The van der Waals surface area contributed by atoms with Crippen molar-refractivity contribution >= 4 is 50.8 Å². The van der Waals surface area contributed by atoms with Gasteiger partial charge in [-0.2, -0.15) is 0 Å². The van der Waals surface area contributed by atoms with Crippen LogP contribution in [0, 0.1) is 0 Å². The third kappa shape index (κ3) is 12.1. The number of fused-ring (bicyclic) bond motifs is 3. The molecule has 15 rings (SSSR count). The van der Waals surface area contributed by atoms with Crippen LogP contribution in [0.2, 0.25) is 0 Å². The molecule has 0 saturated carbocycles. The quantitative estimate of drug-likeness (QED) is 0.116. The van der Waals surface area contributed by atoms with Crippen molar-refractivity contribution in [2.45, 2.75) is 76.9 Å². The average molecular weight is 1230 g/mol. The first kappa shape index (κ1) is 59.7. The molecule has 0 spiro atoms. The molecule has 3 fully saturated rings. The van der Waals surface area contributed by atoms with Crippen molar-refractivity contribution in [3.05, 3.63) is 229 Å². The highest BCUT2D eigenvalue weighted by Gasteiger charge is 2.28. The lowest BCUT2D eigenvalue weighted by molar-refractivity contribution is 0.0350. The number of likely N-dealkylation sites (tertiary alicyclic amines) is 3. The Bertz CT molecular complexity index is 4850. The zero-order valence-corrected chi connectivity index (χ0v) is 52.9. The third-order valence-electron chi connectivity index (χ3n) is 19.1. The maximum absolute atomic E-state index is 14.2. The van der Waals surface area contributed by atoms with Crippen LogP contribution in [-0.2, 0) is 4.74 Å². The van der Waals surface area contributed by atoms with Gasteiger partial charge in [-0.25, -0.2) is 29.9 Å². The molecule has 3 aliphatic rings. The minimum absolute atomic E-state index is 0.0317. The van der Waals surface area contributed by atoms with Gasteiger partial charge >= 0.3 is 0 Å². The molecular formula is C81H71N9O4. The van der Waals surface area contributed by atoms with Crippen LogP contribution in [0.25, 0.3) is 123 Å². The Morgan fingerprint density at radius 2 is 0.670 bits per heavy atom. The summed E-state index contributed by atoms with van der Waals surface area (Å²) in [6.07, 6.45) is 9.20. The lowest BCUT2D eigenvalue weighted by Crippen LogP contribution is -2.42. The van der Waals surface area contributed by atoms with Crippen LogP contribution in [0.4, 0.5) is 0 Å². The highest BCUT2D eigenvalue weighted by Crippen LogP contribution is 2.40. The lowest BCUT2D eigenvalue weighted by atomic mass is 9.95. The summed E-state index contributed by atoms with van der Waals surface area (Å²) in [5, 5.41) is 0. The number of carbonyl (C=O) groups excluding carboxylic acids is 3.